The number of hydrogen-bond donors (Lipinski definition) is 0. The topological polar surface area (TPSA) is 63.6 Å². The Morgan fingerprint density at radius 2 is 1.42 bits per heavy atom. The van der Waals surface area contributed by atoms with Gasteiger partial charge in [-0.05, 0) is 31.0 Å². The van der Waals surface area contributed by atoms with Gasteiger partial charge in [-0.1, -0.05) is 12.1 Å². The van der Waals surface area contributed by atoms with E-state index >= 15 is 0 Å². The third-order valence-corrected chi connectivity index (χ3v) is 4.43. The van der Waals surface area contributed by atoms with E-state index in [0.29, 0.717) is 5.95 Å². The van der Waals surface area contributed by atoms with E-state index in [2.05, 4.69) is 56.8 Å². The SMILES string of the molecule is COc1nc(OC)nc(N2CCN(c3cccc(C)c3C)CC2)n1. The van der Waals surface area contributed by atoms with E-state index in [0.717, 1.165) is 26.2 Å². The lowest BCUT2D eigenvalue weighted by molar-refractivity contribution is 0.339. The fourth-order valence-corrected chi connectivity index (χ4v) is 2.88. The zero-order valence-corrected chi connectivity index (χ0v) is 14.6. The molecule has 1 aromatic carbocycles. The summed E-state index contributed by atoms with van der Waals surface area (Å²) in [4.78, 5) is 17.3. The van der Waals surface area contributed by atoms with Gasteiger partial charge in [0.1, 0.15) is 0 Å². The van der Waals surface area contributed by atoms with Crippen LogP contribution in [-0.2, 0) is 0 Å². The quantitative estimate of drug-likeness (QED) is 0.848. The molecule has 0 amide bonds. The molecule has 7 heteroatoms. The first kappa shape index (κ1) is 16.3. The highest BCUT2D eigenvalue weighted by molar-refractivity contribution is 5.57. The molecule has 0 N–H and O–H groups in total. The first-order valence-corrected chi connectivity index (χ1v) is 8.02. The number of anilines is 2. The summed E-state index contributed by atoms with van der Waals surface area (Å²) in [7, 11) is 3.08. The molecule has 1 aliphatic heterocycles. The van der Waals surface area contributed by atoms with Crippen molar-refractivity contribution in [1.82, 2.24) is 15.0 Å². The molecule has 2 heterocycles. The molecular formula is C17H23N5O2. The van der Waals surface area contributed by atoms with E-state index in [-0.39, 0.29) is 12.0 Å². The van der Waals surface area contributed by atoms with Crippen LogP contribution in [0.5, 0.6) is 12.0 Å². The summed E-state index contributed by atoms with van der Waals surface area (Å²) in [6.07, 6.45) is 0. The molecule has 0 atom stereocenters. The summed E-state index contributed by atoms with van der Waals surface area (Å²) in [6.45, 7) is 7.84. The molecule has 7 nitrogen and oxygen atoms in total. The molecular weight excluding hydrogens is 306 g/mol. The Bertz CT molecular complexity index is 692. The highest BCUT2D eigenvalue weighted by Crippen LogP contribution is 2.25. The van der Waals surface area contributed by atoms with E-state index in [1.807, 2.05) is 0 Å². The fraction of sp³-hybridized carbons (Fsp3) is 0.471. The molecule has 1 fully saturated rings. The second kappa shape index (κ2) is 6.90. The molecule has 0 unspecified atom stereocenters. The Kier molecular flexibility index (Phi) is 4.69. The molecule has 1 saturated heterocycles. The standard InChI is InChI=1S/C17H23N5O2/c1-12-6-5-7-14(13(12)2)21-8-10-22(11-9-21)15-18-16(23-3)20-17(19-15)24-4/h5-7H,8-11H2,1-4H3. The van der Waals surface area contributed by atoms with Gasteiger partial charge in [0.25, 0.3) is 0 Å². The van der Waals surface area contributed by atoms with E-state index in [1.54, 1.807) is 0 Å². The van der Waals surface area contributed by atoms with Gasteiger partial charge in [0, 0.05) is 31.9 Å². The summed E-state index contributed by atoms with van der Waals surface area (Å²) >= 11 is 0. The molecule has 0 aliphatic carbocycles. The van der Waals surface area contributed by atoms with Crippen molar-refractivity contribution in [3.05, 3.63) is 29.3 Å². The minimum atomic E-state index is 0.272. The Hall–Kier alpha value is -2.57. The molecule has 3 rings (SSSR count). The van der Waals surface area contributed by atoms with Gasteiger partial charge in [0.05, 0.1) is 14.2 Å². The lowest BCUT2D eigenvalue weighted by Crippen LogP contribution is -2.47. The van der Waals surface area contributed by atoms with Crippen LogP contribution in [0.25, 0.3) is 0 Å². The van der Waals surface area contributed by atoms with Crippen LogP contribution >= 0.6 is 0 Å². The van der Waals surface area contributed by atoms with Gasteiger partial charge in [-0.25, -0.2) is 0 Å². The van der Waals surface area contributed by atoms with Crippen molar-refractivity contribution in [2.45, 2.75) is 13.8 Å². The van der Waals surface area contributed by atoms with Crippen molar-refractivity contribution >= 4 is 11.6 Å². The summed E-state index contributed by atoms with van der Waals surface area (Å²) in [5.41, 5.74) is 3.97. The molecule has 2 aromatic rings. The number of rotatable bonds is 4. The monoisotopic (exact) mass is 329 g/mol. The lowest BCUT2D eigenvalue weighted by Gasteiger charge is -2.37. The van der Waals surface area contributed by atoms with E-state index in [4.69, 9.17) is 9.47 Å². The predicted octanol–water partition coefficient (Wildman–Crippen LogP) is 1.83. The van der Waals surface area contributed by atoms with Crippen LogP contribution < -0.4 is 19.3 Å². The Morgan fingerprint density at radius 3 is 2.00 bits per heavy atom. The predicted molar refractivity (Wildman–Crippen MR) is 93.3 cm³/mol. The second-order valence-electron chi connectivity index (χ2n) is 5.80. The van der Waals surface area contributed by atoms with Crippen LogP contribution in [0, 0.1) is 13.8 Å². The Labute approximate surface area is 142 Å². The summed E-state index contributed by atoms with van der Waals surface area (Å²) < 4.78 is 10.3. The van der Waals surface area contributed by atoms with E-state index < -0.39 is 0 Å². The van der Waals surface area contributed by atoms with Crippen LogP contribution in [0.2, 0.25) is 0 Å². The number of ether oxygens (including phenoxy) is 2. The molecule has 0 saturated carbocycles. The normalized spacial score (nSPS) is 14.7. The zero-order chi connectivity index (χ0) is 17.1. The maximum atomic E-state index is 5.13. The van der Waals surface area contributed by atoms with Gasteiger partial charge in [-0.15, -0.1) is 4.98 Å². The zero-order valence-electron chi connectivity index (χ0n) is 14.6. The molecule has 24 heavy (non-hydrogen) atoms. The molecule has 1 aromatic heterocycles. The van der Waals surface area contributed by atoms with Crippen LogP contribution in [-0.4, -0.2) is 55.4 Å². The first-order chi connectivity index (χ1) is 11.6. The van der Waals surface area contributed by atoms with Crippen LogP contribution in [0.4, 0.5) is 11.6 Å². The number of nitrogens with zero attached hydrogens (tertiary/aromatic N) is 5. The van der Waals surface area contributed by atoms with Gasteiger partial charge < -0.3 is 19.3 Å². The maximum absolute atomic E-state index is 5.13. The summed E-state index contributed by atoms with van der Waals surface area (Å²) in [5, 5.41) is 0. The number of methoxy groups -OCH3 is 2. The largest absolute Gasteiger partial charge is 0.467 e. The number of aryl methyl sites for hydroxylation is 1. The third kappa shape index (κ3) is 3.20. The van der Waals surface area contributed by atoms with Gasteiger partial charge in [0.15, 0.2) is 0 Å². The van der Waals surface area contributed by atoms with Crippen LogP contribution in [0.3, 0.4) is 0 Å². The minimum absolute atomic E-state index is 0.272. The molecule has 0 bridgehead atoms. The summed E-state index contributed by atoms with van der Waals surface area (Å²) in [6, 6.07) is 7.00. The number of piperazine rings is 1. The number of hydrogen-bond acceptors (Lipinski definition) is 7. The van der Waals surface area contributed by atoms with E-state index in [1.165, 1.54) is 31.0 Å². The van der Waals surface area contributed by atoms with Crippen LogP contribution in [0.1, 0.15) is 11.1 Å². The highest BCUT2D eigenvalue weighted by Gasteiger charge is 2.22. The van der Waals surface area contributed by atoms with Gasteiger partial charge in [-0.2, -0.15) is 9.97 Å². The maximum Gasteiger partial charge on any atom is 0.324 e. The van der Waals surface area contributed by atoms with E-state index in [9.17, 15) is 0 Å². The Balaban J connectivity index is 1.74. The molecule has 0 radical (unpaired) electrons. The van der Waals surface area contributed by atoms with Crippen molar-refractivity contribution < 1.29 is 9.47 Å². The minimum Gasteiger partial charge on any atom is -0.467 e. The highest BCUT2D eigenvalue weighted by atomic mass is 16.5. The smallest absolute Gasteiger partial charge is 0.324 e. The first-order valence-electron chi connectivity index (χ1n) is 8.02. The average Bonchev–Trinajstić information content (AvgIpc) is 2.63. The van der Waals surface area contributed by atoms with Crippen molar-refractivity contribution in [1.29, 1.82) is 0 Å². The van der Waals surface area contributed by atoms with Gasteiger partial charge in [-0.3, -0.25) is 0 Å². The third-order valence-electron chi connectivity index (χ3n) is 4.43. The lowest BCUT2D eigenvalue weighted by atomic mass is 10.1. The second-order valence-corrected chi connectivity index (χ2v) is 5.80. The number of aromatic nitrogens is 3. The van der Waals surface area contributed by atoms with Crippen molar-refractivity contribution in [3.63, 3.8) is 0 Å². The average molecular weight is 329 g/mol. The van der Waals surface area contributed by atoms with Crippen molar-refractivity contribution in [2.75, 3.05) is 50.2 Å². The Morgan fingerprint density at radius 1 is 0.833 bits per heavy atom. The van der Waals surface area contributed by atoms with Gasteiger partial charge in [0.2, 0.25) is 5.95 Å². The molecule has 1 aliphatic rings. The van der Waals surface area contributed by atoms with Crippen LogP contribution in [0.15, 0.2) is 18.2 Å². The molecule has 0 spiro atoms. The fourth-order valence-electron chi connectivity index (χ4n) is 2.88. The van der Waals surface area contributed by atoms with Crippen molar-refractivity contribution in [3.8, 4) is 12.0 Å². The number of benzene rings is 1. The van der Waals surface area contributed by atoms with Gasteiger partial charge >= 0.3 is 12.0 Å². The van der Waals surface area contributed by atoms with Crippen molar-refractivity contribution in [2.24, 2.45) is 0 Å². The molecule has 128 valence electrons. The summed E-state index contributed by atoms with van der Waals surface area (Å²) in [5.74, 6) is 0.597.